The third kappa shape index (κ3) is 4.54. The summed E-state index contributed by atoms with van der Waals surface area (Å²) in [6.07, 6.45) is 1.74. The second-order valence-electron chi connectivity index (χ2n) is 6.65. The van der Waals surface area contributed by atoms with Gasteiger partial charge in [-0.3, -0.25) is 4.57 Å². The van der Waals surface area contributed by atoms with E-state index in [1.807, 2.05) is 46.7 Å². The van der Waals surface area contributed by atoms with E-state index >= 15 is 0 Å². The lowest BCUT2D eigenvalue weighted by Gasteiger charge is -2.39. The van der Waals surface area contributed by atoms with Gasteiger partial charge < -0.3 is 10.2 Å². The van der Waals surface area contributed by atoms with Crippen LogP contribution in [0.1, 0.15) is 26.6 Å². The number of nitrogens with zero attached hydrogens (tertiary/aromatic N) is 5. The quantitative estimate of drug-likeness (QED) is 0.672. The Hall–Kier alpha value is -2.02. The number of aliphatic imine (C=N–C) groups is 1. The highest BCUT2D eigenvalue weighted by molar-refractivity contribution is 8.00. The molecule has 2 heterocycles. The number of guanidine groups is 1. The van der Waals surface area contributed by atoms with E-state index in [9.17, 15) is 0 Å². The SMILES string of the molecule is CCNC(=NCc1nncn1-c1ccccc1)N1CCSC(C)(C)C1. The standard InChI is InChI=1S/C18H26N6S/c1-4-19-17(23-10-11-25-18(2,3)13-23)20-12-16-22-21-14-24(16)15-8-6-5-7-9-15/h5-9,14H,4,10-13H2,1-3H3,(H,19,20). The molecule has 0 saturated carbocycles. The predicted octanol–water partition coefficient (Wildman–Crippen LogP) is 2.56. The molecule has 2 aromatic rings. The normalized spacial score (nSPS) is 17.6. The fourth-order valence-corrected chi connectivity index (χ4v) is 4.05. The molecule has 0 atom stereocenters. The summed E-state index contributed by atoms with van der Waals surface area (Å²) < 4.78 is 2.24. The van der Waals surface area contributed by atoms with Crippen molar-refractivity contribution in [3.05, 3.63) is 42.5 Å². The summed E-state index contributed by atoms with van der Waals surface area (Å²) in [6, 6.07) is 10.1. The number of para-hydroxylation sites is 1. The Morgan fingerprint density at radius 2 is 2.12 bits per heavy atom. The summed E-state index contributed by atoms with van der Waals surface area (Å²) in [7, 11) is 0. The minimum absolute atomic E-state index is 0.249. The van der Waals surface area contributed by atoms with Crippen LogP contribution in [0.25, 0.3) is 5.69 Å². The maximum Gasteiger partial charge on any atom is 0.194 e. The van der Waals surface area contributed by atoms with Gasteiger partial charge in [0.25, 0.3) is 0 Å². The lowest BCUT2D eigenvalue weighted by atomic mass is 10.2. The summed E-state index contributed by atoms with van der Waals surface area (Å²) in [5.74, 6) is 2.92. The molecule has 25 heavy (non-hydrogen) atoms. The van der Waals surface area contributed by atoms with Gasteiger partial charge in [0.05, 0.1) is 0 Å². The summed E-state index contributed by atoms with van der Waals surface area (Å²) in [4.78, 5) is 7.18. The van der Waals surface area contributed by atoms with Gasteiger partial charge in [0, 0.05) is 35.8 Å². The largest absolute Gasteiger partial charge is 0.357 e. The summed E-state index contributed by atoms with van der Waals surface area (Å²) in [5, 5.41) is 11.7. The van der Waals surface area contributed by atoms with Crippen LogP contribution >= 0.6 is 11.8 Å². The third-order valence-electron chi connectivity index (χ3n) is 4.08. The van der Waals surface area contributed by atoms with E-state index in [0.29, 0.717) is 6.54 Å². The lowest BCUT2D eigenvalue weighted by molar-refractivity contribution is 0.375. The first-order valence-electron chi connectivity index (χ1n) is 8.70. The molecule has 1 aliphatic heterocycles. The minimum atomic E-state index is 0.249. The van der Waals surface area contributed by atoms with E-state index in [0.717, 1.165) is 42.9 Å². The molecule has 1 fully saturated rings. The van der Waals surface area contributed by atoms with Crippen molar-refractivity contribution in [3.63, 3.8) is 0 Å². The molecule has 3 rings (SSSR count). The molecule has 0 radical (unpaired) electrons. The number of thioether (sulfide) groups is 1. The molecule has 0 amide bonds. The van der Waals surface area contributed by atoms with E-state index in [2.05, 4.69) is 41.2 Å². The summed E-state index contributed by atoms with van der Waals surface area (Å²) in [6.45, 7) is 10.1. The van der Waals surface area contributed by atoms with Gasteiger partial charge in [0.15, 0.2) is 11.8 Å². The average molecular weight is 359 g/mol. The molecule has 1 aromatic carbocycles. The Morgan fingerprint density at radius 1 is 1.32 bits per heavy atom. The first kappa shape index (κ1) is 17.8. The van der Waals surface area contributed by atoms with Gasteiger partial charge in [-0.15, -0.1) is 10.2 Å². The van der Waals surface area contributed by atoms with Crippen LogP contribution in [-0.4, -0.2) is 55.8 Å². The maximum absolute atomic E-state index is 4.83. The van der Waals surface area contributed by atoms with Crippen molar-refractivity contribution in [2.45, 2.75) is 32.1 Å². The van der Waals surface area contributed by atoms with Crippen molar-refractivity contribution in [2.75, 3.05) is 25.4 Å². The Balaban J connectivity index is 1.78. The van der Waals surface area contributed by atoms with Crippen LogP contribution in [0.4, 0.5) is 0 Å². The second kappa shape index (κ2) is 7.91. The van der Waals surface area contributed by atoms with Crippen molar-refractivity contribution in [1.82, 2.24) is 25.0 Å². The number of aromatic nitrogens is 3. The molecule has 6 nitrogen and oxygen atoms in total. The van der Waals surface area contributed by atoms with Crippen molar-refractivity contribution in [1.29, 1.82) is 0 Å². The topological polar surface area (TPSA) is 58.3 Å². The van der Waals surface area contributed by atoms with E-state index in [1.54, 1.807) is 6.33 Å². The number of hydrogen-bond acceptors (Lipinski definition) is 4. The number of benzene rings is 1. The molecule has 1 saturated heterocycles. The summed E-state index contributed by atoms with van der Waals surface area (Å²) >= 11 is 2.02. The molecule has 0 aliphatic carbocycles. The Bertz CT molecular complexity index is 709. The first-order chi connectivity index (χ1) is 12.1. The van der Waals surface area contributed by atoms with Crippen LogP contribution in [0.5, 0.6) is 0 Å². The van der Waals surface area contributed by atoms with Gasteiger partial charge in [0.2, 0.25) is 0 Å². The van der Waals surface area contributed by atoms with Crippen molar-refractivity contribution >= 4 is 17.7 Å². The van der Waals surface area contributed by atoms with Crippen LogP contribution in [0, 0.1) is 0 Å². The zero-order valence-electron chi connectivity index (χ0n) is 15.1. The third-order valence-corrected chi connectivity index (χ3v) is 5.38. The van der Waals surface area contributed by atoms with Crippen LogP contribution in [-0.2, 0) is 6.54 Å². The van der Waals surface area contributed by atoms with Gasteiger partial charge in [-0.1, -0.05) is 18.2 Å². The van der Waals surface area contributed by atoms with Crippen molar-refractivity contribution in [2.24, 2.45) is 4.99 Å². The van der Waals surface area contributed by atoms with Crippen LogP contribution in [0.3, 0.4) is 0 Å². The van der Waals surface area contributed by atoms with Crippen LogP contribution in [0.2, 0.25) is 0 Å². The fraction of sp³-hybridized carbons (Fsp3) is 0.500. The number of rotatable bonds is 4. The van der Waals surface area contributed by atoms with E-state index in [1.165, 1.54) is 0 Å². The van der Waals surface area contributed by atoms with E-state index in [-0.39, 0.29) is 4.75 Å². The Kier molecular flexibility index (Phi) is 5.63. The molecule has 0 bridgehead atoms. The first-order valence-corrected chi connectivity index (χ1v) is 9.69. The zero-order valence-corrected chi connectivity index (χ0v) is 16.0. The predicted molar refractivity (Wildman–Crippen MR) is 104 cm³/mol. The molecule has 134 valence electrons. The van der Waals surface area contributed by atoms with E-state index < -0.39 is 0 Å². The smallest absolute Gasteiger partial charge is 0.194 e. The molecule has 7 heteroatoms. The van der Waals surface area contributed by atoms with Crippen LogP contribution < -0.4 is 5.32 Å². The number of hydrogen-bond donors (Lipinski definition) is 1. The molecular weight excluding hydrogens is 332 g/mol. The second-order valence-corrected chi connectivity index (χ2v) is 8.45. The van der Waals surface area contributed by atoms with Gasteiger partial charge in [-0.25, -0.2) is 4.99 Å². The fourth-order valence-electron chi connectivity index (χ4n) is 2.94. The van der Waals surface area contributed by atoms with Gasteiger partial charge >= 0.3 is 0 Å². The molecule has 0 unspecified atom stereocenters. The highest BCUT2D eigenvalue weighted by atomic mass is 32.2. The highest BCUT2D eigenvalue weighted by Gasteiger charge is 2.28. The lowest BCUT2D eigenvalue weighted by Crippen LogP contribution is -2.51. The van der Waals surface area contributed by atoms with Gasteiger partial charge in [0.1, 0.15) is 12.9 Å². The van der Waals surface area contributed by atoms with Crippen molar-refractivity contribution < 1.29 is 0 Å². The number of nitrogens with one attached hydrogen (secondary N) is 1. The molecule has 0 spiro atoms. The molecular formula is C18H26N6S. The highest BCUT2D eigenvalue weighted by Crippen LogP contribution is 2.29. The zero-order chi connectivity index (χ0) is 17.7. The van der Waals surface area contributed by atoms with E-state index in [4.69, 9.17) is 4.99 Å². The minimum Gasteiger partial charge on any atom is -0.357 e. The van der Waals surface area contributed by atoms with Gasteiger partial charge in [-0.05, 0) is 32.9 Å². The van der Waals surface area contributed by atoms with Crippen LogP contribution in [0.15, 0.2) is 41.7 Å². The Labute approximate surface area is 153 Å². The molecule has 1 aromatic heterocycles. The Morgan fingerprint density at radius 3 is 2.84 bits per heavy atom. The van der Waals surface area contributed by atoms with Gasteiger partial charge in [-0.2, -0.15) is 11.8 Å². The summed E-state index contributed by atoms with van der Waals surface area (Å²) in [5.41, 5.74) is 1.05. The molecule has 1 aliphatic rings. The maximum atomic E-state index is 4.83. The average Bonchev–Trinajstić information content (AvgIpc) is 3.07. The van der Waals surface area contributed by atoms with Crippen molar-refractivity contribution in [3.8, 4) is 5.69 Å². The monoisotopic (exact) mass is 358 g/mol. The molecule has 1 N–H and O–H groups in total.